The molecule has 0 saturated heterocycles. The first-order valence-electron chi connectivity index (χ1n) is 8.14. The Morgan fingerprint density at radius 2 is 1.96 bits per heavy atom. The summed E-state index contributed by atoms with van der Waals surface area (Å²) in [7, 11) is 0. The number of carbonyl (C=O) groups excluding carboxylic acids is 1. The highest BCUT2D eigenvalue weighted by molar-refractivity contribution is 5.74. The minimum atomic E-state index is -4.40. The van der Waals surface area contributed by atoms with Crippen molar-refractivity contribution in [2.75, 3.05) is 6.61 Å². The SMILES string of the molecule is CC(NC(=O)NC1CCC(CO)CC1)c1cccc(C(F)(F)F)c1. The van der Waals surface area contributed by atoms with Crippen molar-refractivity contribution in [2.24, 2.45) is 5.92 Å². The number of alkyl halides is 3. The number of nitrogens with one attached hydrogen (secondary N) is 2. The molecule has 1 unspecified atom stereocenters. The highest BCUT2D eigenvalue weighted by Gasteiger charge is 2.31. The number of aliphatic hydroxyl groups excluding tert-OH is 1. The molecule has 2 rings (SSSR count). The smallest absolute Gasteiger partial charge is 0.396 e. The summed E-state index contributed by atoms with van der Waals surface area (Å²) in [5.74, 6) is 0.301. The lowest BCUT2D eigenvalue weighted by molar-refractivity contribution is -0.137. The quantitative estimate of drug-likeness (QED) is 0.781. The van der Waals surface area contributed by atoms with Crippen molar-refractivity contribution in [1.29, 1.82) is 0 Å². The van der Waals surface area contributed by atoms with E-state index in [1.54, 1.807) is 13.0 Å². The predicted molar refractivity (Wildman–Crippen MR) is 84.4 cm³/mol. The van der Waals surface area contributed by atoms with Crippen molar-refractivity contribution >= 4 is 6.03 Å². The molecular weight excluding hydrogens is 321 g/mol. The minimum Gasteiger partial charge on any atom is -0.396 e. The molecule has 134 valence electrons. The van der Waals surface area contributed by atoms with E-state index in [0.717, 1.165) is 37.8 Å². The van der Waals surface area contributed by atoms with Gasteiger partial charge in [0.25, 0.3) is 0 Å². The predicted octanol–water partition coefficient (Wildman–Crippen LogP) is 3.62. The number of hydrogen-bond acceptors (Lipinski definition) is 2. The van der Waals surface area contributed by atoms with Gasteiger partial charge in [0.1, 0.15) is 0 Å². The van der Waals surface area contributed by atoms with Crippen LogP contribution >= 0.6 is 0 Å². The fraction of sp³-hybridized carbons (Fsp3) is 0.588. The molecule has 0 bridgehead atoms. The fourth-order valence-electron chi connectivity index (χ4n) is 2.98. The minimum absolute atomic E-state index is 0.0431. The first-order valence-corrected chi connectivity index (χ1v) is 8.14. The summed E-state index contributed by atoms with van der Waals surface area (Å²) < 4.78 is 38.2. The van der Waals surface area contributed by atoms with Crippen LogP contribution in [0, 0.1) is 5.92 Å². The molecule has 0 spiro atoms. The highest BCUT2D eigenvalue weighted by atomic mass is 19.4. The van der Waals surface area contributed by atoms with E-state index in [2.05, 4.69) is 10.6 Å². The first kappa shape index (κ1) is 18.6. The van der Waals surface area contributed by atoms with Gasteiger partial charge in [-0.05, 0) is 56.2 Å². The third-order valence-electron chi connectivity index (χ3n) is 4.50. The van der Waals surface area contributed by atoms with Crippen LogP contribution in [0.4, 0.5) is 18.0 Å². The van der Waals surface area contributed by atoms with Gasteiger partial charge < -0.3 is 15.7 Å². The molecule has 1 aromatic carbocycles. The number of amides is 2. The molecule has 0 radical (unpaired) electrons. The second-order valence-electron chi connectivity index (χ2n) is 6.36. The van der Waals surface area contributed by atoms with Gasteiger partial charge >= 0.3 is 12.2 Å². The number of hydrogen-bond donors (Lipinski definition) is 3. The molecule has 1 fully saturated rings. The average Bonchev–Trinajstić information content (AvgIpc) is 2.54. The van der Waals surface area contributed by atoms with Crippen molar-refractivity contribution in [1.82, 2.24) is 10.6 Å². The summed E-state index contributed by atoms with van der Waals surface area (Å²) >= 11 is 0. The number of urea groups is 1. The van der Waals surface area contributed by atoms with Gasteiger partial charge in [0, 0.05) is 12.6 Å². The van der Waals surface area contributed by atoms with E-state index in [1.807, 2.05) is 0 Å². The van der Waals surface area contributed by atoms with E-state index in [0.29, 0.717) is 11.5 Å². The van der Waals surface area contributed by atoms with E-state index < -0.39 is 17.8 Å². The zero-order valence-electron chi connectivity index (χ0n) is 13.6. The zero-order chi connectivity index (χ0) is 17.7. The number of aliphatic hydroxyl groups is 1. The summed E-state index contributed by atoms with van der Waals surface area (Å²) in [4.78, 5) is 12.0. The van der Waals surface area contributed by atoms with Crippen LogP contribution < -0.4 is 10.6 Å². The molecule has 24 heavy (non-hydrogen) atoms. The Kier molecular flexibility index (Phi) is 6.10. The van der Waals surface area contributed by atoms with Crippen LogP contribution in [0.1, 0.15) is 49.8 Å². The molecule has 1 aromatic rings. The van der Waals surface area contributed by atoms with Crippen LogP contribution in [-0.2, 0) is 6.18 Å². The Labute approximate surface area is 139 Å². The lowest BCUT2D eigenvalue weighted by Crippen LogP contribution is -2.44. The van der Waals surface area contributed by atoms with E-state index in [1.165, 1.54) is 6.07 Å². The fourth-order valence-corrected chi connectivity index (χ4v) is 2.98. The van der Waals surface area contributed by atoms with Gasteiger partial charge in [0.15, 0.2) is 0 Å². The summed E-state index contributed by atoms with van der Waals surface area (Å²) in [6, 6.07) is 4.10. The largest absolute Gasteiger partial charge is 0.416 e. The van der Waals surface area contributed by atoms with Crippen LogP contribution in [0.2, 0.25) is 0 Å². The van der Waals surface area contributed by atoms with Crippen molar-refractivity contribution < 1.29 is 23.1 Å². The normalized spacial score (nSPS) is 22.7. The molecule has 7 heteroatoms. The van der Waals surface area contributed by atoms with Gasteiger partial charge in [-0.1, -0.05) is 12.1 Å². The number of halogens is 3. The van der Waals surface area contributed by atoms with Crippen LogP contribution in [0.15, 0.2) is 24.3 Å². The summed E-state index contributed by atoms with van der Waals surface area (Å²) in [5.41, 5.74) is -0.319. The third kappa shape index (κ3) is 5.12. The molecule has 0 aromatic heterocycles. The molecule has 0 heterocycles. The molecule has 1 atom stereocenters. The van der Waals surface area contributed by atoms with E-state index in [4.69, 9.17) is 5.11 Å². The Morgan fingerprint density at radius 3 is 2.54 bits per heavy atom. The summed E-state index contributed by atoms with van der Waals surface area (Å²) in [6.45, 7) is 1.82. The zero-order valence-corrected chi connectivity index (χ0v) is 13.6. The molecule has 2 amide bonds. The van der Waals surface area contributed by atoms with Crippen LogP contribution in [0.3, 0.4) is 0 Å². The standard InChI is InChI=1S/C17H23F3N2O2/c1-11(13-3-2-4-14(9-13)17(18,19)20)21-16(24)22-15-7-5-12(10-23)6-8-15/h2-4,9,11-12,15,23H,5-8,10H2,1H3,(H2,21,22,24). The lowest BCUT2D eigenvalue weighted by atomic mass is 9.87. The third-order valence-corrected chi connectivity index (χ3v) is 4.50. The van der Waals surface area contributed by atoms with Crippen LogP contribution in [0.25, 0.3) is 0 Å². The number of benzene rings is 1. The second kappa shape index (κ2) is 7.88. The van der Waals surface area contributed by atoms with Gasteiger partial charge in [-0.15, -0.1) is 0 Å². The van der Waals surface area contributed by atoms with Gasteiger partial charge in [-0.2, -0.15) is 13.2 Å². The van der Waals surface area contributed by atoms with E-state index in [-0.39, 0.29) is 18.7 Å². The first-order chi connectivity index (χ1) is 11.3. The Morgan fingerprint density at radius 1 is 1.29 bits per heavy atom. The summed E-state index contributed by atoms with van der Waals surface area (Å²) in [5, 5.41) is 14.6. The lowest BCUT2D eigenvalue weighted by Gasteiger charge is -2.28. The molecule has 1 aliphatic rings. The maximum atomic E-state index is 12.7. The average molecular weight is 344 g/mol. The summed E-state index contributed by atoms with van der Waals surface area (Å²) in [6.07, 6.45) is -1.06. The van der Waals surface area contributed by atoms with Crippen molar-refractivity contribution in [3.63, 3.8) is 0 Å². The molecular formula is C17H23F3N2O2. The Hall–Kier alpha value is -1.76. The highest BCUT2D eigenvalue weighted by Crippen LogP contribution is 2.30. The van der Waals surface area contributed by atoms with Gasteiger partial charge in [-0.3, -0.25) is 0 Å². The molecule has 1 saturated carbocycles. The molecule has 0 aliphatic heterocycles. The van der Waals surface area contributed by atoms with Crippen molar-refractivity contribution in [3.8, 4) is 0 Å². The van der Waals surface area contributed by atoms with E-state index >= 15 is 0 Å². The van der Waals surface area contributed by atoms with Gasteiger partial charge in [-0.25, -0.2) is 4.79 Å². The molecule has 4 nitrogen and oxygen atoms in total. The van der Waals surface area contributed by atoms with Crippen LogP contribution in [0.5, 0.6) is 0 Å². The van der Waals surface area contributed by atoms with Crippen molar-refractivity contribution in [3.05, 3.63) is 35.4 Å². The molecule has 1 aliphatic carbocycles. The van der Waals surface area contributed by atoms with Crippen molar-refractivity contribution in [2.45, 2.75) is 50.9 Å². The van der Waals surface area contributed by atoms with Gasteiger partial charge in [0.05, 0.1) is 11.6 Å². The second-order valence-corrected chi connectivity index (χ2v) is 6.36. The van der Waals surface area contributed by atoms with Gasteiger partial charge in [0.2, 0.25) is 0 Å². The monoisotopic (exact) mass is 344 g/mol. The topological polar surface area (TPSA) is 61.4 Å². The molecule has 3 N–H and O–H groups in total. The number of rotatable bonds is 4. The maximum absolute atomic E-state index is 12.7. The van der Waals surface area contributed by atoms with Crippen LogP contribution in [-0.4, -0.2) is 23.8 Å². The van der Waals surface area contributed by atoms with E-state index in [9.17, 15) is 18.0 Å². The Bertz CT molecular complexity index is 555. The number of carbonyl (C=O) groups is 1. The Balaban J connectivity index is 1.88. The maximum Gasteiger partial charge on any atom is 0.416 e.